The van der Waals surface area contributed by atoms with E-state index in [0.717, 1.165) is 21.8 Å². The SMILES string of the molecule is [C-]#[N+]c1c(-n2c3ccccc3c3c4c(ccc32)-c2ccccc2C4(C)C)ccc(C#N)c1F. The number of aromatic nitrogens is 1. The molecule has 0 amide bonds. The van der Waals surface area contributed by atoms with Crippen molar-refractivity contribution in [3.63, 3.8) is 0 Å². The minimum absolute atomic E-state index is 0.122. The van der Waals surface area contributed by atoms with Crippen molar-refractivity contribution in [2.75, 3.05) is 0 Å². The Morgan fingerprint density at radius 2 is 1.67 bits per heavy atom. The van der Waals surface area contributed by atoms with Crippen LogP contribution in [-0.4, -0.2) is 4.57 Å². The Balaban J connectivity index is 1.81. The molecule has 1 aliphatic rings. The Labute approximate surface area is 190 Å². The Hall–Kier alpha value is -4.41. The van der Waals surface area contributed by atoms with E-state index in [0.29, 0.717) is 5.69 Å². The maximum Gasteiger partial charge on any atom is 0.246 e. The zero-order valence-electron chi connectivity index (χ0n) is 18.1. The van der Waals surface area contributed by atoms with E-state index in [4.69, 9.17) is 6.57 Å². The normalized spacial score (nSPS) is 13.5. The van der Waals surface area contributed by atoms with Gasteiger partial charge in [0.1, 0.15) is 11.9 Å². The van der Waals surface area contributed by atoms with Crippen molar-refractivity contribution in [1.29, 1.82) is 5.26 Å². The molecular weight excluding hydrogens is 409 g/mol. The predicted molar refractivity (Wildman–Crippen MR) is 129 cm³/mol. The summed E-state index contributed by atoms with van der Waals surface area (Å²) in [5.74, 6) is -0.773. The van der Waals surface area contributed by atoms with Gasteiger partial charge in [-0.3, -0.25) is 0 Å². The maximum absolute atomic E-state index is 15.0. The van der Waals surface area contributed by atoms with Gasteiger partial charge in [-0.2, -0.15) is 5.26 Å². The van der Waals surface area contributed by atoms with E-state index in [-0.39, 0.29) is 16.7 Å². The molecule has 0 radical (unpaired) electrons. The van der Waals surface area contributed by atoms with Crippen molar-refractivity contribution in [3.8, 4) is 22.9 Å². The highest BCUT2D eigenvalue weighted by atomic mass is 19.1. The van der Waals surface area contributed by atoms with Gasteiger partial charge < -0.3 is 4.57 Å². The molecule has 0 aliphatic heterocycles. The van der Waals surface area contributed by atoms with Crippen molar-refractivity contribution < 1.29 is 4.39 Å². The largest absolute Gasteiger partial charge is 0.319 e. The number of benzene rings is 4. The number of fused-ring (bicyclic) bond motifs is 7. The van der Waals surface area contributed by atoms with Crippen LogP contribution in [0.2, 0.25) is 0 Å². The Morgan fingerprint density at radius 1 is 0.909 bits per heavy atom. The lowest BCUT2D eigenvalue weighted by molar-refractivity contribution is 0.629. The van der Waals surface area contributed by atoms with Crippen molar-refractivity contribution in [2.24, 2.45) is 0 Å². The van der Waals surface area contributed by atoms with E-state index in [1.165, 1.54) is 28.3 Å². The van der Waals surface area contributed by atoms with Crippen molar-refractivity contribution >= 4 is 27.5 Å². The zero-order chi connectivity index (χ0) is 22.9. The first-order valence-electron chi connectivity index (χ1n) is 10.8. The molecule has 1 aromatic heterocycles. The van der Waals surface area contributed by atoms with Gasteiger partial charge in [-0.05, 0) is 46.5 Å². The van der Waals surface area contributed by atoms with Gasteiger partial charge in [-0.15, -0.1) is 0 Å². The minimum atomic E-state index is -0.773. The Kier molecular flexibility index (Phi) is 3.83. The Bertz CT molecular complexity index is 1720. The van der Waals surface area contributed by atoms with Crippen molar-refractivity contribution in [1.82, 2.24) is 4.57 Å². The molecule has 0 spiro atoms. The van der Waals surface area contributed by atoms with Crippen LogP contribution in [0.5, 0.6) is 0 Å². The number of hydrogen-bond acceptors (Lipinski definition) is 1. The predicted octanol–water partition coefficient (Wildman–Crippen LogP) is 7.65. The first-order chi connectivity index (χ1) is 16.0. The first-order valence-corrected chi connectivity index (χ1v) is 10.8. The molecule has 5 aromatic rings. The van der Waals surface area contributed by atoms with Gasteiger partial charge in [0, 0.05) is 16.2 Å². The lowest BCUT2D eigenvalue weighted by Gasteiger charge is -2.22. The molecule has 4 aromatic carbocycles. The third-order valence-corrected chi connectivity index (χ3v) is 6.92. The summed E-state index contributed by atoms with van der Waals surface area (Å²) < 4.78 is 17.0. The second-order valence-electron chi connectivity index (χ2n) is 8.92. The monoisotopic (exact) mass is 427 g/mol. The van der Waals surface area contributed by atoms with E-state index >= 15 is 0 Å². The second-order valence-corrected chi connectivity index (χ2v) is 8.92. The third-order valence-electron chi connectivity index (χ3n) is 6.92. The standard InChI is InChI=1S/C29H18FN3/c1-29(2)21-10-6-4-8-18(21)19-13-15-23-25(26(19)29)20-9-5-7-11-22(20)33(23)24-14-12-17(16-31)27(30)28(24)32-3/h4-15H,1-2H3. The van der Waals surface area contributed by atoms with Gasteiger partial charge >= 0.3 is 0 Å². The van der Waals surface area contributed by atoms with E-state index in [9.17, 15) is 9.65 Å². The Morgan fingerprint density at radius 3 is 2.45 bits per heavy atom. The third kappa shape index (κ3) is 2.35. The molecule has 0 atom stereocenters. The van der Waals surface area contributed by atoms with E-state index < -0.39 is 5.82 Å². The van der Waals surface area contributed by atoms with Crippen LogP contribution in [0.25, 0.3) is 43.5 Å². The molecule has 0 fully saturated rings. The van der Waals surface area contributed by atoms with Crippen LogP contribution in [0.1, 0.15) is 30.5 Å². The topological polar surface area (TPSA) is 33.1 Å². The number of hydrogen-bond donors (Lipinski definition) is 0. The highest BCUT2D eigenvalue weighted by Crippen LogP contribution is 2.53. The summed E-state index contributed by atoms with van der Waals surface area (Å²) in [6.45, 7) is 12.1. The molecule has 156 valence electrons. The summed E-state index contributed by atoms with van der Waals surface area (Å²) in [5.41, 5.74) is 6.78. The first kappa shape index (κ1) is 19.3. The molecule has 4 heteroatoms. The average molecular weight is 427 g/mol. The molecule has 33 heavy (non-hydrogen) atoms. The molecule has 6 rings (SSSR count). The number of halogens is 1. The smallest absolute Gasteiger partial charge is 0.246 e. The fraction of sp³-hybridized carbons (Fsp3) is 0.103. The van der Waals surface area contributed by atoms with Crippen LogP contribution in [-0.2, 0) is 5.41 Å². The number of nitrogens with zero attached hydrogens (tertiary/aromatic N) is 3. The molecule has 0 saturated heterocycles. The van der Waals surface area contributed by atoms with E-state index in [1.807, 2.05) is 28.8 Å². The minimum Gasteiger partial charge on any atom is -0.319 e. The van der Waals surface area contributed by atoms with Crippen molar-refractivity contribution in [3.05, 3.63) is 107 Å². The molecule has 0 unspecified atom stereocenters. The fourth-order valence-electron chi connectivity index (χ4n) is 5.52. The lowest BCUT2D eigenvalue weighted by atomic mass is 9.80. The fourth-order valence-corrected chi connectivity index (χ4v) is 5.52. The average Bonchev–Trinajstić information content (AvgIpc) is 3.28. The molecule has 0 saturated carbocycles. The van der Waals surface area contributed by atoms with Gasteiger partial charge in [-0.25, -0.2) is 9.24 Å². The summed E-state index contributed by atoms with van der Waals surface area (Å²) in [6.07, 6.45) is 0. The number of nitriles is 1. The van der Waals surface area contributed by atoms with Gasteiger partial charge in [0.25, 0.3) is 0 Å². The number of para-hydroxylation sites is 1. The molecule has 1 heterocycles. The van der Waals surface area contributed by atoms with Crippen LogP contribution >= 0.6 is 0 Å². The van der Waals surface area contributed by atoms with Gasteiger partial charge in [0.15, 0.2) is 0 Å². The van der Waals surface area contributed by atoms with Crippen LogP contribution in [0, 0.1) is 23.7 Å². The molecule has 3 nitrogen and oxygen atoms in total. The maximum atomic E-state index is 15.0. The summed E-state index contributed by atoms with van der Waals surface area (Å²) in [4.78, 5) is 3.48. The highest BCUT2D eigenvalue weighted by molar-refractivity contribution is 6.14. The molecule has 0 bridgehead atoms. The quantitative estimate of drug-likeness (QED) is 0.253. The van der Waals surface area contributed by atoms with Gasteiger partial charge in [0.2, 0.25) is 5.69 Å². The van der Waals surface area contributed by atoms with Crippen LogP contribution in [0.3, 0.4) is 0 Å². The summed E-state index contributed by atoms with van der Waals surface area (Å²) >= 11 is 0. The summed E-state index contributed by atoms with van der Waals surface area (Å²) in [5, 5.41) is 11.4. The zero-order valence-corrected chi connectivity index (χ0v) is 18.1. The van der Waals surface area contributed by atoms with Gasteiger partial charge in [-0.1, -0.05) is 62.4 Å². The lowest BCUT2D eigenvalue weighted by Crippen LogP contribution is -2.15. The van der Waals surface area contributed by atoms with E-state index in [2.05, 4.69) is 61.2 Å². The van der Waals surface area contributed by atoms with E-state index in [1.54, 1.807) is 6.07 Å². The van der Waals surface area contributed by atoms with Crippen LogP contribution in [0.4, 0.5) is 10.1 Å². The van der Waals surface area contributed by atoms with Crippen LogP contribution in [0.15, 0.2) is 72.8 Å². The van der Waals surface area contributed by atoms with Gasteiger partial charge in [0.05, 0.1) is 28.9 Å². The molecule has 1 aliphatic carbocycles. The number of rotatable bonds is 1. The summed E-state index contributed by atoms with van der Waals surface area (Å²) in [6, 6.07) is 25.7. The molecule has 0 N–H and O–H groups in total. The summed E-state index contributed by atoms with van der Waals surface area (Å²) in [7, 11) is 0. The van der Waals surface area contributed by atoms with Crippen LogP contribution < -0.4 is 0 Å². The highest BCUT2D eigenvalue weighted by Gasteiger charge is 2.38. The molecular formula is C29H18FN3. The second kappa shape index (κ2) is 6.55. The van der Waals surface area contributed by atoms with Crippen molar-refractivity contribution in [2.45, 2.75) is 19.3 Å².